The van der Waals surface area contributed by atoms with Crippen LogP contribution in [0.15, 0.2) is 24.3 Å². The fourth-order valence-electron chi connectivity index (χ4n) is 2.20. The summed E-state index contributed by atoms with van der Waals surface area (Å²) < 4.78 is 18.2. The molecule has 1 aliphatic heterocycles. The van der Waals surface area contributed by atoms with Gasteiger partial charge in [-0.1, -0.05) is 12.1 Å². The van der Waals surface area contributed by atoms with Crippen molar-refractivity contribution in [2.24, 2.45) is 0 Å². The highest BCUT2D eigenvalue weighted by Crippen LogP contribution is 2.17. The van der Waals surface area contributed by atoms with Gasteiger partial charge < -0.3 is 14.9 Å². The molecule has 1 heterocycles. The van der Waals surface area contributed by atoms with Gasteiger partial charge in [-0.25, -0.2) is 4.39 Å². The third-order valence-electron chi connectivity index (χ3n) is 3.26. The largest absolute Gasteiger partial charge is 0.395 e. The summed E-state index contributed by atoms with van der Waals surface area (Å²) in [4.78, 5) is 2.01. The number of halogens is 1. The molecule has 100 valence electrons. The Kier molecular flexibility index (Phi) is 4.66. The summed E-state index contributed by atoms with van der Waals surface area (Å²) in [5.41, 5.74) is 0.954. The van der Waals surface area contributed by atoms with Crippen LogP contribution < -0.4 is 0 Å². The lowest BCUT2D eigenvalue weighted by Crippen LogP contribution is -2.54. The second-order valence-corrected chi connectivity index (χ2v) is 4.51. The van der Waals surface area contributed by atoms with Gasteiger partial charge in [-0.05, 0) is 17.7 Å². The van der Waals surface area contributed by atoms with Crippen LogP contribution in [-0.4, -0.2) is 53.6 Å². The van der Waals surface area contributed by atoms with Crippen LogP contribution in [0, 0.1) is 5.82 Å². The Labute approximate surface area is 106 Å². The number of ether oxygens (including phenoxy) is 1. The summed E-state index contributed by atoms with van der Waals surface area (Å²) in [7, 11) is 0. The molecular weight excluding hydrogens is 237 g/mol. The van der Waals surface area contributed by atoms with E-state index in [1.807, 2.05) is 4.90 Å². The van der Waals surface area contributed by atoms with Gasteiger partial charge in [0.05, 0.1) is 38.5 Å². The van der Waals surface area contributed by atoms with Gasteiger partial charge in [0, 0.05) is 6.54 Å². The SMILES string of the molecule is OC[C@@H]1COC[C@@H](CO)N1Cc1ccc(F)cc1. The standard InChI is InChI=1S/C13H18FNO3/c14-11-3-1-10(2-4-11)5-15-12(6-16)8-18-9-13(15)7-17/h1-4,12-13,16-17H,5-9H2/t12-,13-/m1/s1. The average molecular weight is 255 g/mol. The van der Waals surface area contributed by atoms with E-state index in [0.717, 1.165) is 5.56 Å². The van der Waals surface area contributed by atoms with Gasteiger partial charge in [0.15, 0.2) is 0 Å². The maximum atomic E-state index is 12.8. The third kappa shape index (κ3) is 3.05. The molecule has 5 heteroatoms. The number of morpholine rings is 1. The first kappa shape index (κ1) is 13.4. The van der Waals surface area contributed by atoms with Crippen LogP contribution in [0.25, 0.3) is 0 Å². The molecule has 1 aromatic rings. The van der Waals surface area contributed by atoms with Crippen LogP contribution in [0.1, 0.15) is 5.56 Å². The van der Waals surface area contributed by atoms with Crippen molar-refractivity contribution in [1.82, 2.24) is 4.90 Å². The summed E-state index contributed by atoms with van der Waals surface area (Å²) in [5, 5.41) is 18.7. The number of hydrogen-bond donors (Lipinski definition) is 2. The Morgan fingerprint density at radius 3 is 2.17 bits per heavy atom. The van der Waals surface area contributed by atoms with Gasteiger partial charge in [-0.3, -0.25) is 4.90 Å². The molecule has 0 bridgehead atoms. The van der Waals surface area contributed by atoms with Crippen molar-refractivity contribution in [2.75, 3.05) is 26.4 Å². The first-order valence-corrected chi connectivity index (χ1v) is 6.04. The Balaban J connectivity index is 2.09. The molecule has 18 heavy (non-hydrogen) atoms. The van der Waals surface area contributed by atoms with Crippen molar-refractivity contribution in [1.29, 1.82) is 0 Å². The summed E-state index contributed by atoms with van der Waals surface area (Å²) in [6.45, 7) is 1.44. The maximum absolute atomic E-state index is 12.8. The lowest BCUT2D eigenvalue weighted by atomic mass is 10.1. The summed E-state index contributed by atoms with van der Waals surface area (Å²) in [6.07, 6.45) is 0. The fourth-order valence-corrected chi connectivity index (χ4v) is 2.20. The fraction of sp³-hybridized carbons (Fsp3) is 0.538. The third-order valence-corrected chi connectivity index (χ3v) is 3.26. The summed E-state index contributed by atoms with van der Waals surface area (Å²) in [6, 6.07) is 6.01. The molecule has 1 fully saturated rings. The molecule has 2 N–H and O–H groups in total. The molecule has 1 saturated heterocycles. The number of aliphatic hydroxyl groups is 2. The number of rotatable bonds is 4. The van der Waals surface area contributed by atoms with Crippen LogP contribution in [0.2, 0.25) is 0 Å². The van der Waals surface area contributed by atoms with Crippen LogP contribution in [-0.2, 0) is 11.3 Å². The molecule has 0 spiro atoms. The maximum Gasteiger partial charge on any atom is 0.123 e. The molecule has 0 amide bonds. The highest BCUT2D eigenvalue weighted by Gasteiger charge is 2.30. The predicted octanol–water partition coefficient (Wildman–Crippen LogP) is 0.380. The van der Waals surface area contributed by atoms with Crippen LogP contribution in [0.5, 0.6) is 0 Å². The lowest BCUT2D eigenvalue weighted by molar-refractivity contribution is -0.0829. The van der Waals surface area contributed by atoms with E-state index in [1.165, 1.54) is 12.1 Å². The Morgan fingerprint density at radius 1 is 1.11 bits per heavy atom. The van der Waals surface area contributed by atoms with Crippen molar-refractivity contribution < 1.29 is 19.3 Å². The topological polar surface area (TPSA) is 52.9 Å². The molecule has 1 aromatic carbocycles. The number of nitrogens with zero attached hydrogens (tertiary/aromatic N) is 1. The Morgan fingerprint density at radius 2 is 1.67 bits per heavy atom. The minimum atomic E-state index is -0.266. The van der Waals surface area contributed by atoms with Gasteiger partial charge in [-0.2, -0.15) is 0 Å². The van der Waals surface area contributed by atoms with E-state index in [9.17, 15) is 14.6 Å². The minimum Gasteiger partial charge on any atom is -0.395 e. The molecule has 0 saturated carbocycles. The van der Waals surface area contributed by atoms with Gasteiger partial charge in [-0.15, -0.1) is 0 Å². The zero-order valence-corrected chi connectivity index (χ0v) is 10.1. The second kappa shape index (κ2) is 6.24. The number of aliphatic hydroxyl groups excluding tert-OH is 2. The Bertz CT molecular complexity index is 359. The number of benzene rings is 1. The van der Waals surface area contributed by atoms with Crippen molar-refractivity contribution in [3.8, 4) is 0 Å². The molecule has 0 aromatic heterocycles. The molecule has 2 rings (SSSR count). The molecule has 2 atom stereocenters. The normalized spacial score (nSPS) is 25.3. The lowest BCUT2D eigenvalue weighted by Gasteiger charge is -2.40. The highest BCUT2D eigenvalue weighted by atomic mass is 19.1. The minimum absolute atomic E-state index is 0.0162. The number of hydrogen-bond acceptors (Lipinski definition) is 4. The van der Waals surface area contributed by atoms with E-state index < -0.39 is 0 Å². The molecule has 0 aliphatic carbocycles. The molecular formula is C13H18FNO3. The van der Waals surface area contributed by atoms with Gasteiger partial charge in [0.2, 0.25) is 0 Å². The van der Waals surface area contributed by atoms with Gasteiger partial charge >= 0.3 is 0 Å². The van der Waals surface area contributed by atoms with Crippen LogP contribution in [0.3, 0.4) is 0 Å². The monoisotopic (exact) mass is 255 g/mol. The zero-order chi connectivity index (χ0) is 13.0. The first-order chi connectivity index (χ1) is 8.74. The predicted molar refractivity (Wildman–Crippen MR) is 64.5 cm³/mol. The molecule has 1 aliphatic rings. The summed E-state index contributed by atoms with van der Waals surface area (Å²) >= 11 is 0. The van der Waals surface area contributed by atoms with E-state index >= 15 is 0 Å². The van der Waals surface area contributed by atoms with Crippen LogP contribution in [0.4, 0.5) is 4.39 Å². The van der Waals surface area contributed by atoms with Crippen molar-refractivity contribution in [3.05, 3.63) is 35.6 Å². The molecule has 0 radical (unpaired) electrons. The van der Waals surface area contributed by atoms with Crippen molar-refractivity contribution in [3.63, 3.8) is 0 Å². The molecule has 0 unspecified atom stereocenters. The smallest absolute Gasteiger partial charge is 0.123 e. The second-order valence-electron chi connectivity index (χ2n) is 4.51. The van der Waals surface area contributed by atoms with Crippen molar-refractivity contribution in [2.45, 2.75) is 18.6 Å². The van der Waals surface area contributed by atoms with E-state index in [4.69, 9.17) is 4.74 Å². The quantitative estimate of drug-likeness (QED) is 0.816. The first-order valence-electron chi connectivity index (χ1n) is 6.04. The van der Waals surface area contributed by atoms with Gasteiger partial charge in [0.25, 0.3) is 0 Å². The van der Waals surface area contributed by atoms with Crippen LogP contribution >= 0.6 is 0 Å². The van der Waals surface area contributed by atoms with E-state index in [1.54, 1.807) is 12.1 Å². The summed E-state index contributed by atoms with van der Waals surface area (Å²) in [5.74, 6) is -0.266. The van der Waals surface area contributed by atoms with E-state index in [-0.39, 0.29) is 31.1 Å². The molecule has 4 nitrogen and oxygen atoms in total. The van der Waals surface area contributed by atoms with E-state index in [0.29, 0.717) is 19.8 Å². The van der Waals surface area contributed by atoms with Gasteiger partial charge in [0.1, 0.15) is 5.82 Å². The van der Waals surface area contributed by atoms with Crippen molar-refractivity contribution >= 4 is 0 Å². The zero-order valence-electron chi connectivity index (χ0n) is 10.1. The average Bonchev–Trinajstić information content (AvgIpc) is 2.41. The van der Waals surface area contributed by atoms with E-state index in [2.05, 4.69) is 0 Å². The Hall–Kier alpha value is -1.01. The highest BCUT2D eigenvalue weighted by molar-refractivity contribution is 5.16.